The molecule has 0 bridgehead atoms. The Bertz CT molecular complexity index is 1080. The molecule has 2 aromatic heterocycles. The number of nitrogens with zero attached hydrogens (tertiary/aromatic N) is 5. The Labute approximate surface area is 177 Å². The highest BCUT2D eigenvalue weighted by atomic mass is 35.5. The van der Waals surface area contributed by atoms with Crippen molar-refractivity contribution in [3.8, 4) is 5.95 Å². The smallest absolute Gasteiger partial charge is 0.316 e. The van der Waals surface area contributed by atoms with Crippen LogP contribution in [0.5, 0.6) is 0 Å². The number of rotatable bonds is 7. The second-order valence-electron chi connectivity index (χ2n) is 5.93. The number of carbonyl (C=O) groups is 1. The van der Waals surface area contributed by atoms with Crippen LogP contribution < -0.4 is 10.6 Å². The van der Waals surface area contributed by atoms with Gasteiger partial charge in [0.2, 0.25) is 5.95 Å². The molecule has 2 N–H and O–H groups in total. The quantitative estimate of drug-likeness (QED) is 0.562. The lowest BCUT2D eigenvalue weighted by molar-refractivity contribution is 0.0937. The second kappa shape index (κ2) is 9.22. The molecule has 0 aliphatic heterocycles. The SMILES string of the molecule is CNc1nc([C@H](C)NC(=O)c2cc(Cl)cc(S(=O)C(F)F)c2)n(-c2ncccn2)n1. The lowest BCUT2D eigenvalue weighted by Crippen LogP contribution is -2.29. The number of carbonyl (C=O) groups excluding carboxylic acids is 1. The van der Waals surface area contributed by atoms with Crippen LogP contribution in [0, 0.1) is 0 Å². The summed E-state index contributed by atoms with van der Waals surface area (Å²) in [4.78, 5) is 25.0. The Balaban J connectivity index is 1.88. The number of aromatic nitrogens is 5. The lowest BCUT2D eigenvalue weighted by Gasteiger charge is -2.14. The van der Waals surface area contributed by atoms with Gasteiger partial charge < -0.3 is 10.6 Å². The predicted octanol–water partition coefficient (Wildman–Crippen LogP) is 2.57. The third-order valence-corrected chi connectivity index (χ3v) is 5.10. The topological polar surface area (TPSA) is 115 Å². The highest BCUT2D eigenvalue weighted by molar-refractivity contribution is 7.85. The molecule has 1 amide bonds. The normalized spacial score (nSPS) is 13.1. The first-order valence-electron chi connectivity index (χ1n) is 8.52. The summed E-state index contributed by atoms with van der Waals surface area (Å²) in [5, 5.41) is 9.75. The van der Waals surface area contributed by atoms with Crippen molar-refractivity contribution < 1.29 is 17.8 Å². The fraction of sp³-hybridized carbons (Fsp3) is 0.235. The van der Waals surface area contributed by atoms with E-state index < -0.39 is 28.5 Å². The van der Waals surface area contributed by atoms with Crippen molar-refractivity contribution in [2.24, 2.45) is 0 Å². The molecule has 3 aromatic rings. The number of nitrogens with one attached hydrogen (secondary N) is 2. The van der Waals surface area contributed by atoms with Crippen LogP contribution in [0.4, 0.5) is 14.7 Å². The van der Waals surface area contributed by atoms with Crippen molar-refractivity contribution in [1.29, 1.82) is 0 Å². The fourth-order valence-corrected chi connectivity index (χ4v) is 3.51. The number of benzene rings is 1. The number of alkyl halides is 2. The van der Waals surface area contributed by atoms with E-state index in [4.69, 9.17) is 11.6 Å². The van der Waals surface area contributed by atoms with Crippen molar-refractivity contribution >= 4 is 34.3 Å². The molecule has 0 radical (unpaired) electrons. The molecule has 0 aliphatic carbocycles. The molecule has 0 fully saturated rings. The van der Waals surface area contributed by atoms with Crippen molar-refractivity contribution in [1.82, 2.24) is 30.0 Å². The molecule has 30 heavy (non-hydrogen) atoms. The summed E-state index contributed by atoms with van der Waals surface area (Å²) in [7, 11) is -0.962. The van der Waals surface area contributed by atoms with E-state index in [9.17, 15) is 17.8 Å². The molecule has 2 atom stereocenters. The summed E-state index contributed by atoms with van der Waals surface area (Å²) in [5.41, 5.74) is -0.0192. The number of hydrogen-bond donors (Lipinski definition) is 2. The van der Waals surface area contributed by atoms with E-state index in [0.717, 1.165) is 12.1 Å². The van der Waals surface area contributed by atoms with Crippen LogP contribution in [0.2, 0.25) is 5.02 Å². The second-order valence-corrected chi connectivity index (χ2v) is 7.79. The summed E-state index contributed by atoms with van der Waals surface area (Å²) in [6.07, 6.45) is 3.07. The zero-order valence-corrected chi connectivity index (χ0v) is 17.3. The number of anilines is 1. The molecular formula is C17H16ClF2N7O2S. The van der Waals surface area contributed by atoms with Gasteiger partial charge in [-0.25, -0.2) is 14.2 Å². The van der Waals surface area contributed by atoms with Crippen molar-refractivity contribution in [2.45, 2.75) is 23.6 Å². The van der Waals surface area contributed by atoms with E-state index in [0.29, 0.717) is 5.82 Å². The summed E-state index contributed by atoms with van der Waals surface area (Å²) < 4.78 is 38.6. The third kappa shape index (κ3) is 4.76. The Kier molecular flexibility index (Phi) is 6.67. The van der Waals surface area contributed by atoms with Crippen LogP contribution in [0.25, 0.3) is 5.95 Å². The largest absolute Gasteiger partial charge is 0.356 e. The fourth-order valence-electron chi connectivity index (χ4n) is 2.52. The first kappa shape index (κ1) is 21.7. The average Bonchev–Trinajstić information content (AvgIpc) is 3.18. The van der Waals surface area contributed by atoms with Crippen LogP contribution in [-0.2, 0) is 10.8 Å². The molecule has 0 saturated heterocycles. The lowest BCUT2D eigenvalue weighted by atomic mass is 10.2. The Morgan fingerprint density at radius 3 is 2.57 bits per heavy atom. The minimum Gasteiger partial charge on any atom is -0.356 e. The molecule has 158 valence electrons. The van der Waals surface area contributed by atoms with E-state index in [1.54, 1.807) is 20.0 Å². The zero-order chi connectivity index (χ0) is 21.8. The van der Waals surface area contributed by atoms with E-state index in [-0.39, 0.29) is 27.4 Å². The Hall–Kier alpha value is -2.99. The van der Waals surface area contributed by atoms with Gasteiger partial charge >= 0.3 is 5.76 Å². The third-order valence-electron chi connectivity index (χ3n) is 3.86. The minimum atomic E-state index is -3.09. The zero-order valence-electron chi connectivity index (χ0n) is 15.7. The predicted molar refractivity (Wildman–Crippen MR) is 106 cm³/mol. The highest BCUT2D eigenvalue weighted by Gasteiger charge is 2.23. The minimum absolute atomic E-state index is 0.0117. The maximum atomic E-state index is 12.8. The number of hydrogen-bond acceptors (Lipinski definition) is 7. The maximum Gasteiger partial charge on any atom is 0.316 e. The van der Waals surface area contributed by atoms with E-state index in [1.807, 2.05) is 0 Å². The maximum absolute atomic E-state index is 12.8. The first-order valence-corrected chi connectivity index (χ1v) is 10.1. The van der Waals surface area contributed by atoms with Gasteiger partial charge in [0.05, 0.1) is 6.04 Å². The van der Waals surface area contributed by atoms with E-state index in [1.165, 1.54) is 23.1 Å². The molecule has 0 spiro atoms. The molecule has 2 heterocycles. The standard InChI is InChI=1S/C17H16ClF2N7O2S/c1-9(13-25-16(21-2)26-27(13)17-22-4-3-5-23-17)24-14(28)10-6-11(18)8-12(7-10)30(29)15(19)20/h3-9,15H,1-2H3,(H,21,26)(H,24,28)/t9-,30?/m0/s1. The van der Waals surface area contributed by atoms with Gasteiger partial charge in [-0.05, 0) is 31.2 Å². The molecule has 1 unspecified atom stereocenters. The van der Waals surface area contributed by atoms with Gasteiger partial charge in [0, 0.05) is 34.9 Å². The van der Waals surface area contributed by atoms with Crippen molar-refractivity contribution in [3.05, 3.63) is 53.1 Å². The van der Waals surface area contributed by atoms with Gasteiger partial charge in [-0.2, -0.15) is 18.4 Å². The molecule has 9 nitrogen and oxygen atoms in total. The molecule has 0 aliphatic rings. The monoisotopic (exact) mass is 455 g/mol. The molecule has 3 rings (SSSR count). The highest BCUT2D eigenvalue weighted by Crippen LogP contribution is 2.22. The average molecular weight is 456 g/mol. The summed E-state index contributed by atoms with van der Waals surface area (Å²) in [5.74, 6) is -2.84. The van der Waals surface area contributed by atoms with Crippen LogP contribution in [-0.4, -0.2) is 47.7 Å². The van der Waals surface area contributed by atoms with Gasteiger partial charge in [0.15, 0.2) is 5.82 Å². The summed E-state index contributed by atoms with van der Waals surface area (Å²) >= 11 is 5.91. The summed E-state index contributed by atoms with van der Waals surface area (Å²) in [6.45, 7) is 1.66. The first-order chi connectivity index (χ1) is 14.3. The van der Waals surface area contributed by atoms with Gasteiger partial charge in [-0.1, -0.05) is 11.6 Å². The van der Waals surface area contributed by atoms with Gasteiger partial charge in [0.25, 0.3) is 11.9 Å². The van der Waals surface area contributed by atoms with E-state index >= 15 is 0 Å². The number of amides is 1. The van der Waals surface area contributed by atoms with Crippen LogP contribution in [0.3, 0.4) is 0 Å². The summed E-state index contributed by atoms with van der Waals surface area (Å²) in [6, 6.07) is 4.51. The van der Waals surface area contributed by atoms with Crippen LogP contribution in [0.15, 0.2) is 41.6 Å². The molecule has 1 aromatic carbocycles. The van der Waals surface area contributed by atoms with Crippen LogP contribution >= 0.6 is 11.6 Å². The Morgan fingerprint density at radius 1 is 1.23 bits per heavy atom. The van der Waals surface area contributed by atoms with Gasteiger partial charge in [-0.15, -0.1) is 5.10 Å². The molecule has 13 heteroatoms. The van der Waals surface area contributed by atoms with Gasteiger partial charge in [0.1, 0.15) is 10.8 Å². The molecular weight excluding hydrogens is 440 g/mol. The van der Waals surface area contributed by atoms with E-state index in [2.05, 4.69) is 30.7 Å². The number of halogens is 3. The van der Waals surface area contributed by atoms with Crippen molar-refractivity contribution in [2.75, 3.05) is 12.4 Å². The van der Waals surface area contributed by atoms with Gasteiger partial charge in [-0.3, -0.25) is 4.79 Å². The van der Waals surface area contributed by atoms with Crippen molar-refractivity contribution in [3.63, 3.8) is 0 Å². The molecule has 0 saturated carbocycles. The Morgan fingerprint density at radius 2 is 1.93 bits per heavy atom. The van der Waals surface area contributed by atoms with Crippen LogP contribution in [0.1, 0.15) is 29.1 Å².